The third-order valence-electron chi connectivity index (χ3n) is 2.95. The monoisotopic (exact) mass is 253 g/mol. The van der Waals surface area contributed by atoms with Crippen molar-refractivity contribution in [2.75, 3.05) is 11.9 Å². The molecule has 0 saturated heterocycles. The van der Waals surface area contributed by atoms with E-state index < -0.39 is 0 Å². The molecule has 0 radical (unpaired) electrons. The Morgan fingerprint density at radius 3 is 2.68 bits per heavy atom. The Balaban J connectivity index is 1.69. The number of pyridine rings is 1. The van der Waals surface area contributed by atoms with Gasteiger partial charge in [-0.2, -0.15) is 4.98 Å². The molecule has 96 valence electrons. The van der Waals surface area contributed by atoms with Gasteiger partial charge < -0.3 is 11.1 Å². The van der Waals surface area contributed by atoms with Gasteiger partial charge in [0.05, 0.1) is 0 Å². The first-order valence-corrected chi connectivity index (χ1v) is 6.19. The largest absolute Gasteiger partial charge is 0.351 e. The number of nitrogens with zero attached hydrogens (tertiary/aromatic N) is 3. The first-order chi connectivity index (χ1) is 9.33. The summed E-state index contributed by atoms with van der Waals surface area (Å²) in [4.78, 5) is 4.36. The van der Waals surface area contributed by atoms with Gasteiger partial charge in [0.25, 0.3) is 0 Å². The van der Waals surface area contributed by atoms with E-state index in [2.05, 4.69) is 15.4 Å². The van der Waals surface area contributed by atoms with Crippen LogP contribution in [0.3, 0.4) is 0 Å². The molecule has 0 aliphatic rings. The number of nitrogens with two attached hydrogens (primary N) is 1. The first kappa shape index (κ1) is 11.7. The molecular weight excluding hydrogens is 238 g/mol. The summed E-state index contributed by atoms with van der Waals surface area (Å²) in [6.45, 7) is 0.598. The van der Waals surface area contributed by atoms with Crippen molar-refractivity contribution in [1.82, 2.24) is 14.6 Å². The van der Waals surface area contributed by atoms with Crippen LogP contribution in [-0.4, -0.2) is 21.1 Å². The number of hydrogen-bond donors (Lipinski definition) is 2. The van der Waals surface area contributed by atoms with E-state index in [0.29, 0.717) is 12.5 Å². The lowest BCUT2D eigenvalue weighted by Gasteiger charge is -2.11. The average molecular weight is 253 g/mol. The van der Waals surface area contributed by atoms with Gasteiger partial charge in [-0.25, -0.2) is 4.52 Å². The zero-order chi connectivity index (χ0) is 13.1. The molecule has 2 aromatic heterocycles. The third-order valence-corrected chi connectivity index (χ3v) is 2.95. The van der Waals surface area contributed by atoms with Crippen LogP contribution in [0.2, 0.25) is 0 Å². The highest BCUT2D eigenvalue weighted by Crippen LogP contribution is 2.10. The third kappa shape index (κ3) is 2.56. The fourth-order valence-corrected chi connectivity index (χ4v) is 1.93. The highest BCUT2D eigenvalue weighted by molar-refractivity contribution is 5.43. The van der Waals surface area contributed by atoms with E-state index in [1.807, 2.05) is 54.7 Å². The summed E-state index contributed by atoms with van der Waals surface area (Å²) in [6, 6.07) is 15.7. The van der Waals surface area contributed by atoms with Gasteiger partial charge in [0.2, 0.25) is 5.95 Å². The molecule has 0 bridgehead atoms. The molecule has 0 saturated carbocycles. The predicted molar refractivity (Wildman–Crippen MR) is 74.8 cm³/mol. The number of benzene rings is 1. The average Bonchev–Trinajstić information content (AvgIpc) is 2.88. The summed E-state index contributed by atoms with van der Waals surface area (Å²) in [7, 11) is 0. The first-order valence-electron chi connectivity index (χ1n) is 6.19. The van der Waals surface area contributed by atoms with Crippen LogP contribution in [0.15, 0.2) is 54.7 Å². The Morgan fingerprint density at radius 1 is 1.11 bits per heavy atom. The molecule has 1 atom stereocenters. The van der Waals surface area contributed by atoms with Gasteiger partial charge in [-0.1, -0.05) is 36.4 Å². The number of fused-ring (bicyclic) bond motifs is 1. The van der Waals surface area contributed by atoms with E-state index in [1.165, 1.54) is 0 Å². The van der Waals surface area contributed by atoms with Crippen molar-refractivity contribution in [2.45, 2.75) is 6.04 Å². The number of hydrogen-bond acceptors (Lipinski definition) is 4. The fraction of sp³-hybridized carbons (Fsp3) is 0.143. The van der Waals surface area contributed by atoms with Gasteiger partial charge in [0, 0.05) is 18.8 Å². The van der Waals surface area contributed by atoms with Crippen molar-refractivity contribution >= 4 is 11.6 Å². The maximum Gasteiger partial charge on any atom is 0.243 e. The molecule has 0 aliphatic heterocycles. The van der Waals surface area contributed by atoms with Crippen molar-refractivity contribution < 1.29 is 0 Å². The Bertz CT molecular complexity index is 629. The predicted octanol–water partition coefficient (Wildman–Crippen LogP) is 1.84. The van der Waals surface area contributed by atoms with Crippen LogP contribution in [0.4, 0.5) is 5.95 Å². The second kappa shape index (κ2) is 5.07. The Morgan fingerprint density at radius 2 is 1.89 bits per heavy atom. The van der Waals surface area contributed by atoms with Crippen molar-refractivity contribution in [3.8, 4) is 0 Å². The van der Waals surface area contributed by atoms with Gasteiger partial charge in [0.1, 0.15) is 0 Å². The number of anilines is 1. The van der Waals surface area contributed by atoms with Gasteiger partial charge in [0.15, 0.2) is 5.65 Å². The molecule has 19 heavy (non-hydrogen) atoms. The van der Waals surface area contributed by atoms with Gasteiger partial charge >= 0.3 is 0 Å². The van der Waals surface area contributed by atoms with Gasteiger partial charge in [-0.05, 0) is 17.7 Å². The molecule has 5 nitrogen and oxygen atoms in total. The minimum Gasteiger partial charge on any atom is -0.351 e. The van der Waals surface area contributed by atoms with E-state index in [-0.39, 0.29) is 6.04 Å². The molecule has 2 heterocycles. The molecule has 3 rings (SSSR count). The number of aromatic nitrogens is 3. The summed E-state index contributed by atoms with van der Waals surface area (Å²) >= 11 is 0. The minimum atomic E-state index is -0.0761. The lowest BCUT2D eigenvalue weighted by Crippen LogP contribution is -2.21. The summed E-state index contributed by atoms with van der Waals surface area (Å²) in [6.07, 6.45) is 1.87. The van der Waals surface area contributed by atoms with Crippen molar-refractivity contribution in [3.63, 3.8) is 0 Å². The molecule has 0 fully saturated rings. The zero-order valence-electron chi connectivity index (χ0n) is 10.4. The summed E-state index contributed by atoms with van der Waals surface area (Å²) in [5, 5.41) is 7.48. The molecule has 3 N–H and O–H groups in total. The Hall–Kier alpha value is -2.40. The van der Waals surface area contributed by atoms with Crippen LogP contribution in [0.25, 0.3) is 5.65 Å². The Labute approximate surface area is 111 Å². The molecular formula is C14H15N5. The second-order valence-electron chi connectivity index (χ2n) is 4.34. The summed E-state index contributed by atoms with van der Waals surface area (Å²) in [5.41, 5.74) is 8.03. The van der Waals surface area contributed by atoms with Crippen LogP contribution in [-0.2, 0) is 0 Å². The summed E-state index contributed by atoms with van der Waals surface area (Å²) < 4.78 is 1.73. The SMILES string of the molecule is NC(CNc1nc2ccccn2n1)c1ccccc1. The van der Waals surface area contributed by atoms with Crippen LogP contribution < -0.4 is 11.1 Å². The number of rotatable bonds is 4. The minimum absolute atomic E-state index is 0.0761. The van der Waals surface area contributed by atoms with E-state index >= 15 is 0 Å². The molecule has 0 amide bonds. The second-order valence-corrected chi connectivity index (χ2v) is 4.34. The van der Waals surface area contributed by atoms with Gasteiger partial charge in [-0.3, -0.25) is 0 Å². The van der Waals surface area contributed by atoms with Crippen LogP contribution in [0.1, 0.15) is 11.6 Å². The lowest BCUT2D eigenvalue weighted by molar-refractivity contribution is 0.757. The normalized spacial score (nSPS) is 12.5. The maximum absolute atomic E-state index is 6.11. The smallest absolute Gasteiger partial charge is 0.243 e. The van der Waals surface area contributed by atoms with Crippen LogP contribution in [0.5, 0.6) is 0 Å². The van der Waals surface area contributed by atoms with Crippen molar-refractivity contribution in [1.29, 1.82) is 0 Å². The van der Waals surface area contributed by atoms with E-state index in [0.717, 1.165) is 11.2 Å². The quantitative estimate of drug-likeness (QED) is 0.744. The molecule has 5 heteroatoms. The standard InChI is InChI=1S/C14H15N5/c15-12(11-6-2-1-3-7-11)10-16-14-17-13-8-4-5-9-19(13)18-14/h1-9,12H,10,15H2,(H,16,18). The lowest BCUT2D eigenvalue weighted by atomic mass is 10.1. The maximum atomic E-state index is 6.11. The van der Waals surface area contributed by atoms with E-state index in [9.17, 15) is 0 Å². The van der Waals surface area contributed by atoms with Gasteiger partial charge in [-0.15, -0.1) is 5.10 Å². The van der Waals surface area contributed by atoms with Crippen molar-refractivity contribution in [2.24, 2.45) is 5.73 Å². The molecule has 1 unspecified atom stereocenters. The molecule has 3 aromatic rings. The van der Waals surface area contributed by atoms with E-state index in [1.54, 1.807) is 4.52 Å². The van der Waals surface area contributed by atoms with Crippen LogP contribution in [0, 0.1) is 0 Å². The highest BCUT2D eigenvalue weighted by atomic mass is 15.3. The Kier molecular flexibility index (Phi) is 3.12. The topological polar surface area (TPSA) is 68.2 Å². The summed E-state index contributed by atoms with van der Waals surface area (Å²) in [5.74, 6) is 0.595. The fourth-order valence-electron chi connectivity index (χ4n) is 1.93. The number of nitrogens with one attached hydrogen (secondary N) is 1. The molecule has 0 aliphatic carbocycles. The van der Waals surface area contributed by atoms with E-state index in [4.69, 9.17) is 5.73 Å². The zero-order valence-corrected chi connectivity index (χ0v) is 10.4. The molecule has 0 spiro atoms. The van der Waals surface area contributed by atoms with Crippen molar-refractivity contribution in [3.05, 3.63) is 60.3 Å². The molecule has 1 aromatic carbocycles. The van der Waals surface area contributed by atoms with Crippen LogP contribution >= 0.6 is 0 Å². The highest BCUT2D eigenvalue weighted by Gasteiger charge is 2.07.